The summed E-state index contributed by atoms with van der Waals surface area (Å²) in [5.41, 5.74) is 11.2. The Morgan fingerprint density at radius 3 is 0.880 bits per heavy atom. The molecule has 0 spiro atoms. The summed E-state index contributed by atoms with van der Waals surface area (Å²) in [6, 6.07) is 16.7. The maximum atomic E-state index is 11.4. The SMILES string of the molecule is CC(C)(C)c1cc(-c2cc(C(C)(C)C)cc(C(C)(C)C)c2O)c(O)c(C(C)(C)C)c1.CC(C)(C)c1cc(-c2cc(C(C)(C)C)cc(C(C)(C)C)c2O)c(O)c(C(C)(C)C)c1.CC1=[C-]C2CC3C=CC=CC3C2C=C1.[Zr]. The van der Waals surface area contributed by atoms with Crippen LogP contribution in [-0.2, 0) is 69.5 Å². The van der Waals surface area contributed by atoms with E-state index in [2.05, 4.69) is 264 Å². The predicted octanol–water partition coefficient (Wildman–Crippen LogP) is 19.2. The molecule has 0 aromatic heterocycles. The van der Waals surface area contributed by atoms with E-state index in [1.807, 2.05) is 0 Å². The second kappa shape index (κ2) is 22.0. The summed E-state index contributed by atoms with van der Waals surface area (Å²) in [4.78, 5) is 0. The third-order valence-corrected chi connectivity index (χ3v) is 15.4. The molecule has 0 heterocycles. The Balaban J connectivity index is 0.000000256. The van der Waals surface area contributed by atoms with Crippen LogP contribution >= 0.6 is 0 Å². The third kappa shape index (κ3) is 14.7. The number of aromatic hydroxyl groups is 4. The molecule has 4 unspecified atom stereocenters. The number of phenols is 4. The number of hydrogen-bond donors (Lipinski definition) is 4. The number of allylic oxidation sites excluding steroid dienone is 8. The van der Waals surface area contributed by atoms with Crippen molar-refractivity contribution >= 4 is 0 Å². The summed E-state index contributed by atoms with van der Waals surface area (Å²) < 4.78 is 0. The summed E-state index contributed by atoms with van der Waals surface area (Å²) in [5, 5.41) is 45.5. The number of hydrogen-bond acceptors (Lipinski definition) is 4. The largest absolute Gasteiger partial charge is 0.507 e. The van der Waals surface area contributed by atoms with E-state index in [1.54, 1.807) is 0 Å². The Bertz CT molecular complexity index is 2510. The van der Waals surface area contributed by atoms with Gasteiger partial charge < -0.3 is 20.4 Å². The van der Waals surface area contributed by atoms with Crippen molar-refractivity contribution < 1.29 is 46.6 Å². The van der Waals surface area contributed by atoms with Gasteiger partial charge in [-0.1, -0.05) is 234 Å². The Hall–Kier alpha value is -4.08. The van der Waals surface area contributed by atoms with E-state index in [1.165, 1.54) is 12.0 Å². The van der Waals surface area contributed by atoms with Crippen molar-refractivity contribution in [1.82, 2.24) is 0 Å². The maximum absolute atomic E-state index is 11.4. The molecule has 0 radical (unpaired) electrons. The molecule has 3 aliphatic carbocycles. The van der Waals surface area contributed by atoms with E-state index in [9.17, 15) is 20.4 Å². The van der Waals surface area contributed by atoms with E-state index in [4.69, 9.17) is 0 Å². The van der Waals surface area contributed by atoms with Crippen molar-refractivity contribution in [3.63, 3.8) is 0 Å². The quantitative estimate of drug-likeness (QED) is 0.151. The zero-order valence-electron chi connectivity index (χ0n) is 51.4. The molecule has 7 rings (SSSR count). The monoisotopic (exact) mass is 1090 g/mol. The van der Waals surface area contributed by atoms with Crippen molar-refractivity contribution in [2.45, 2.75) is 223 Å². The van der Waals surface area contributed by atoms with Crippen LogP contribution in [0.1, 0.15) is 224 Å². The fraction of sp³-hybridized carbons (Fsp3) is 0.543. The fourth-order valence-electron chi connectivity index (χ4n) is 10.4. The number of benzene rings is 4. The van der Waals surface area contributed by atoms with Gasteiger partial charge in [-0.15, -0.1) is 0 Å². The molecule has 0 saturated heterocycles. The van der Waals surface area contributed by atoms with Crippen LogP contribution in [0.15, 0.2) is 90.6 Å². The minimum Gasteiger partial charge on any atom is -0.507 e. The second-order valence-electron chi connectivity index (χ2n) is 30.3. The fourth-order valence-corrected chi connectivity index (χ4v) is 10.4. The van der Waals surface area contributed by atoms with E-state index < -0.39 is 0 Å². The smallest absolute Gasteiger partial charge is 0.127 e. The van der Waals surface area contributed by atoms with Gasteiger partial charge >= 0.3 is 0 Å². The number of rotatable bonds is 2. The van der Waals surface area contributed by atoms with Crippen LogP contribution in [0.5, 0.6) is 23.0 Å². The molecule has 1 saturated carbocycles. The van der Waals surface area contributed by atoms with Gasteiger partial charge in [-0.05, 0) is 108 Å². The van der Waals surface area contributed by atoms with Crippen LogP contribution in [-0.4, -0.2) is 20.4 Å². The van der Waals surface area contributed by atoms with E-state index >= 15 is 0 Å². The Morgan fingerprint density at radius 1 is 0.360 bits per heavy atom. The van der Waals surface area contributed by atoms with Gasteiger partial charge in [-0.25, -0.2) is 11.6 Å². The van der Waals surface area contributed by atoms with Crippen LogP contribution in [0.2, 0.25) is 0 Å². The molecule has 1 fully saturated rings. The summed E-state index contributed by atoms with van der Waals surface area (Å²) in [5.74, 6) is 3.93. The first-order chi connectivity index (χ1) is 33.3. The predicted molar refractivity (Wildman–Crippen MR) is 318 cm³/mol. The summed E-state index contributed by atoms with van der Waals surface area (Å²) in [6.07, 6.45) is 18.6. The van der Waals surface area contributed by atoms with Gasteiger partial charge in [-0.3, -0.25) is 6.08 Å². The van der Waals surface area contributed by atoms with E-state index in [-0.39, 0.29) is 92.5 Å². The Morgan fingerprint density at radius 2 is 0.627 bits per heavy atom. The Kier molecular flexibility index (Phi) is 18.6. The van der Waals surface area contributed by atoms with Crippen LogP contribution in [0, 0.1) is 29.7 Å². The molecule has 5 heteroatoms. The first-order valence-corrected chi connectivity index (χ1v) is 27.5. The van der Waals surface area contributed by atoms with Crippen LogP contribution < -0.4 is 0 Å². The van der Waals surface area contributed by atoms with Crippen molar-refractivity contribution in [2.24, 2.45) is 23.7 Å². The molecular weight excluding hydrogens is 996 g/mol. The molecule has 4 aromatic carbocycles. The third-order valence-electron chi connectivity index (χ3n) is 15.4. The first-order valence-electron chi connectivity index (χ1n) is 27.5. The second-order valence-corrected chi connectivity index (χ2v) is 30.3. The molecule has 75 heavy (non-hydrogen) atoms. The number of fused-ring (bicyclic) bond motifs is 3. The van der Waals surface area contributed by atoms with Gasteiger partial charge in [0.1, 0.15) is 23.0 Å². The van der Waals surface area contributed by atoms with Crippen molar-refractivity contribution in [1.29, 1.82) is 0 Å². The molecule has 0 bridgehead atoms. The minimum atomic E-state index is -0.218. The zero-order valence-corrected chi connectivity index (χ0v) is 53.8. The molecular formula is C70H99O4Zr-. The van der Waals surface area contributed by atoms with Gasteiger partial charge in [-0.2, -0.15) is 6.08 Å². The molecule has 0 amide bonds. The standard InChI is InChI=1S/2C28H42O2.C14H15.Zr/c2*1-25(2,3)17-13-19(23(29)21(15-17)27(7,8)9)20-14-18(26(4,5)6)16-22(24(20)30)28(10,11)12;1-10-6-7-14-12(8-10)9-11-4-2-3-5-13(11)14;/h2*13-16,29-30H,1-12H3;2-7,11-14H,9H2,1H3;/q;;-1;. The first kappa shape index (κ1) is 63.5. The Labute approximate surface area is 476 Å². The van der Waals surface area contributed by atoms with E-state index in [0.29, 0.717) is 34.1 Å². The zero-order chi connectivity index (χ0) is 56.4. The topological polar surface area (TPSA) is 80.9 Å². The molecule has 4 nitrogen and oxygen atoms in total. The van der Waals surface area contributed by atoms with Crippen LogP contribution in [0.4, 0.5) is 0 Å². The molecule has 4 atom stereocenters. The van der Waals surface area contributed by atoms with Gasteiger partial charge in [0.2, 0.25) is 0 Å². The molecule has 3 aliphatic rings. The van der Waals surface area contributed by atoms with Gasteiger partial charge in [0.15, 0.2) is 0 Å². The van der Waals surface area contributed by atoms with Crippen molar-refractivity contribution in [3.8, 4) is 45.3 Å². The molecule has 0 aliphatic heterocycles. The van der Waals surface area contributed by atoms with Crippen LogP contribution in [0.3, 0.4) is 0 Å². The average molecular weight is 1100 g/mol. The normalized spacial score (nSPS) is 19.0. The van der Waals surface area contributed by atoms with Gasteiger partial charge in [0.25, 0.3) is 0 Å². The number of phenolic OH excluding ortho intramolecular Hbond substituents is 4. The van der Waals surface area contributed by atoms with Gasteiger partial charge in [0.05, 0.1) is 0 Å². The van der Waals surface area contributed by atoms with Crippen molar-refractivity contribution in [2.75, 3.05) is 0 Å². The summed E-state index contributed by atoms with van der Waals surface area (Å²) >= 11 is 0. The maximum Gasteiger partial charge on any atom is 0.127 e. The van der Waals surface area contributed by atoms with Gasteiger partial charge in [0, 0.05) is 70.7 Å². The van der Waals surface area contributed by atoms with E-state index in [0.717, 1.165) is 56.3 Å². The van der Waals surface area contributed by atoms with Crippen molar-refractivity contribution in [3.05, 3.63) is 141 Å². The molecule has 408 valence electrons. The molecule has 4 aromatic rings. The summed E-state index contributed by atoms with van der Waals surface area (Å²) in [6.45, 7) is 53.7. The van der Waals surface area contributed by atoms with Crippen LogP contribution in [0.25, 0.3) is 22.3 Å². The summed E-state index contributed by atoms with van der Waals surface area (Å²) in [7, 11) is 0. The average Bonchev–Trinajstić information content (AvgIpc) is 3.59. The minimum absolute atomic E-state index is 0. The molecule has 4 N–H and O–H groups in total.